The standard InChI is InChI=1S/C9H14O6/c1-3-4-9(7(11)12,8(13)14)5-6(10)15-2/h3-5H2,1-2H3,(H,11,12)(H,13,14). The average Bonchev–Trinajstić information content (AvgIpc) is 2.15. The fourth-order valence-electron chi connectivity index (χ4n) is 1.29. The van der Waals surface area contributed by atoms with Crippen LogP contribution in [0.2, 0.25) is 0 Å². The molecule has 0 fully saturated rings. The summed E-state index contributed by atoms with van der Waals surface area (Å²) in [6.45, 7) is 1.65. The topological polar surface area (TPSA) is 101 Å². The van der Waals surface area contributed by atoms with Crippen molar-refractivity contribution >= 4 is 17.9 Å². The van der Waals surface area contributed by atoms with E-state index < -0.39 is 29.7 Å². The van der Waals surface area contributed by atoms with E-state index in [0.717, 1.165) is 7.11 Å². The lowest BCUT2D eigenvalue weighted by atomic mass is 9.80. The van der Waals surface area contributed by atoms with E-state index in [-0.39, 0.29) is 6.42 Å². The normalized spacial score (nSPS) is 10.8. The highest BCUT2D eigenvalue weighted by atomic mass is 16.5. The summed E-state index contributed by atoms with van der Waals surface area (Å²) in [5.74, 6) is -3.86. The van der Waals surface area contributed by atoms with E-state index in [1.54, 1.807) is 6.92 Å². The molecule has 0 spiro atoms. The quantitative estimate of drug-likeness (QED) is 0.497. The first-order chi connectivity index (χ1) is 6.90. The molecule has 0 saturated carbocycles. The predicted molar refractivity (Wildman–Crippen MR) is 49.2 cm³/mol. The van der Waals surface area contributed by atoms with Gasteiger partial charge in [-0.25, -0.2) is 0 Å². The number of hydrogen-bond donors (Lipinski definition) is 2. The first-order valence-corrected chi connectivity index (χ1v) is 4.44. The van der Waals surface area contributed by atoms with Crippen molar-refractivity contribution in [3.05, 3.63) is 0 Å². The van der Waals surface area contributed by atoms with E-state index in [9.17, 15) is 14.4 Å². The molecule has 0 rings (SSSR count). The van der Waals surface area contributed by atoms with Crippen LogP contribution in [0.15, 0.2) is 0 Å². The number of aliphatic carboxylic acids is 2. The van der Waals surface area contributed by atoms with Crippen LogP contribution >= 0.6 is 0 Å². The number of ether oxygens (including phenoxy) is 1. The second-order valence-electron chi connectivity index (χ2n) is 3.20. The van der Waals surface area contributed by atoms with E-state index in [2.05, 4.69) is 4.74 Å². The molecule has 2 N–H and O–H groups in total. The second-order valence-corrected chi connectivity index (χ2v) is 3.20. The molecule has 0 radical (unpaired) electrons. The van der Waals surface area contributed by atoms with Crippen LogP contribution in [0.3, 0.4) is 0 Å². The summed E-state index contributed by atoms with van der Waals surface area (Å²) in [6, 6.07) is 0. The summed E-state index contributed by atoms with van der Waals surface area (Å²) in [6.07, 6.45) is -0.398. The molecular formula is C9H14O6. The maximum Gasteiger partial charge on any atom is 0.321 e. The van der Waals surface area contributed by atoms with Crippen molar-refractivity contribution in [3.63, 3.8) is 0 Å². The van der Waals surface area contributed by atoms with Crippen LogP contribution in [0.5, 0.6) is 0 Å². The van der Waals surface area contributed by atoms with Gasteiger partial charge in [-0.3, -0.25) is 14.4 Å². The maximum atomic E-state index is 11.0. The molecule has 0 aliphatic carbocycles. The van der Waals surface area contributed by atoms with Gasteiger partial charge in [0, 0.05) is 0 Å². The molecule has 6 nitrogen and oxygen atoms in total. The van der Waals surface area contributed by atoms with Gasteiger partial charge >= 0.3 is 17.9 Å². The molecule has 0 bridgehead atoms. The summed E-state index contributed by atoms with van der Waals surface area (Å²) in [5.41, 5.74) is -2.07. The van der Waals surface area contributed by atoms with Crippen LogP contribution in [0, 0.1) is 5.41 Å². The monoisotopic (exact) mass is 218 g/mol. The van der Waals surface area contributed by atoms with Crippen molar-refractivity contribution in [3.8, 4) is 0 Å². The molecule has 0 amide bonds. The number of carbonyl (C=O) groups is 3. The molecule has 0 atom stereocenters. The maximum absolute atomic E-state index is 11.0. The van der Waals surface area contributed by atoms with E-state index >= 15 is 0 Å². The molecule has 0 aliphatic rings. The highest BCUT2D eigenvalue weighted by Gasteiger charge is 2.47. The number of carboxylic acid groups (broad SMARTS) is 2. The van der Waals surface area contributed by atoms with Crippen molar-refractivity contribution in [1.29, 1.82) is 0 Å². The van der Waals surface area contributed by atoms with Crippen LogP contribution in [-0.2, 0) is 19.1 Å². The number of carboxylic acids is 2. The van der Waals surface area contributed by atoms with Crippen LogP contribution in [0.25, 0.3) is 0 Å². The minimum atomic E-state index is -2.07. The van der Waals surface area contributed by atoms with Gasteiger partial charge in [-0.05, 0) is 6.42 Å². The Morgan fingerprint density at radius 1 is 1.20 bits per heavy atom. The van der Waals surface area contributed by atoms with Crippen molar-refractivity contribution in [2.24, 2.45) is 5.41 Å². The molecular weight excluding hydrogens is 204 g/mol. The smallest absolute Gasteiger partial charge is 0.321 e. The fourth-order valence-corrected chi connectivity index (χ4v) is 1.29. The summed E-state index contributed by atoms with van der Waals surface area (Å²) in [5, 5.41) is 17.8. The Morgan fingerprint density at radius 2 is 1.67 bits per heavy atom. The Bertz CT molecular complexity index is 256. The lowest BCUT2D eigenvalue weighted by Gasteiger charge is -2.22. The van der Waals surface area contributed by atoms with Crippen molar-refractivity contribution in [1.82, 2.24) is 0 Å². The van der Waals surface area contributed by atoms with Gasteiger partial charge in [0.05, 0.1) is 13.5 Å². The van der Waals surface area contributed by atoms with Gasteiger partial charge < -0.3 is 14.9 Å². The van der Waals surface area contributed by atoms with Gasteiger partial charge in [-0.15, -0.1) is 0 Å². The third-order valence-electron chi connectivity index (χ3n) is 2.17. The minimum absolute atomic E-state index is 0.104. The van der Waals surface area contributed by atoms with Crippen molar-refractivity contribution < 1.29 is 29.3 Å². The highest BCUT2D eigenvalue weighted by Crippen LogP contribution is 2.29. The number of hydrogen-bond acceptors (Lipinski definition) is 4. The fraction of sp³-hybridized carbons (Fsp3) is 0.667. The minimum Gasteiger partial charge on any atom is -0.480 e. The van der Waals surface area contributed by atoms with Gasteiger partial charge in [0.15, 0.2) is 5.41 Å². The SMILES string of the molecule is CCCC(CC(=O)OC)(C(=O)O)C(=O)O. The Hall–Kier alpha value is -1.59. The zero-order valence-corrected chi connectivity index (χ0v) is 8.65. The molecule has 0 heterocycles. The Morgan fingerprint density at radius 3 is 1.93 bits per heavy atom. The predicted octanol–water partition coefficient (Wildman–Crippen LogP) is 0.505. The summed E-state index contributed by atoms with van der Waals surface area (Å²) in [4.78, 5) is 32.8. The Kier molecular flexibility index (Phi) is 4.77. The van der Waals surface area contributed by atoms with Gasteiger partial charge in [-0.1, -0.05) is 13.3 Å². The summed E-state index contributed by atoms with van der Waals surface area (Å²) in [7, 11) is 1.09. The number of esters is 1. The van der Waals surface area contributed by atoms with Gasteiger partial charge in [0.1, 0.15) is 0 Å². The van der Waals surface area contributed by atoms with Crippen LogP contribution in [0.1, 0.15) is 26.2 Å². The molecule has 0 saturated heterocycles. The molecule has 0 aromatic rings. The highest BCUT2D eigenvalue weighted by molar-refractivity contribution is 6.01. The number of methoxy groups -OCH3 is 1. The zero-order valence-electron chi connectivity index (χ0n) is 8.65. The van der Waals surface area contributed by atoms with Gasteiger partial charge in [0.25, 0.3) is 0 Å². The lowest BCUT2D eigenvalue weighted by molar-refractivity contribution is -0.170. The van der Waals surface area contributed by atoms with E-state index in [4.69, 9.17) is 10.2 Å². The summed E-state index contributed by atoms with van der Waals surface area (Å²) >= 11 is 0. The van der Waals surface area contributed by atoms with Crippen molar-refractivity contribution in [2.75, 3.05) is 7.11 Å². The van der Waals surface area contributed by atoms with Crippen LogP contribution < -0.4 is 0 Å². The third kappa shape index (κ3) is 2.93. The molecule has 15 heavy (non-hydrogen) atoms. The lowest BCUT2D eigenvalue weighted by Crippen LogP contribution is -2.41. The summed E-state index contributed by atoms with van der Waals surface area (Å²) < 4.78 is 4.29. The zero-order chi connectivity index (χ0) is 12.1. The molecule has 0 aliphatic heterocycles. The molecule has 6 heteroatoms. The van der Waals surface area contributed by atoms with E-state index in [1.165, 1.54) is 0 Å². The van der Waals surface area contributed by atoms with Crippen LogP contribution in [-0.4, -0.2) is 35.2 Å². The van der Waals surface area contributed by atoms with Gasteiger partial charge in [0.2, 0.25) is 0 Å². The second kappa shape index (κ2) is 5.33. The largest absolute Gasteiger partial charge is 0.480 e. The average molecular weight is 218 g/mol. The third-order valence-corrected chi connectivity index (χ3v) is 2.17. The molecule has 0 aromatic carbocycles. The van der Waals surface area contributed by atoms with E-state index in [0.29, 0.717) is 6.42 Å². The van der Waals surface area contributed by atoms with Crippen molar-refractivity contribution in [2.45, 2.75) is 26.2 Å². The molecule has 0 aromatic heterocycles. The number of carbonyl (C=O) groups excluding carboxylic acids is 1. The first kappa shape index (κ1) is 13.4. The Labute approximate surface area is 86.8 Å². The first-order valence-electron chi connectivity index (χ1n) is 4.44. The van der Waals surface area contributed by atoms with Gasteiger partial charge in [-0.2, -0.15) is 0 Å². The number of rotatable bonds is 6. The van der Waals surface area contributed by atoms with Crippen LogP contribution in [0.4, 0.5) is 0 Å². The van der Waals surface area contributed by atoms with E-state index in [1.807, 2.05) is 0 Å². The molecule has 86 valence electrons. The molecule has 0 unspecified atom stereocenters. The Balaban J connectivity index is 5.04.